The molecule has 0 atom stereocenters. The molecule has 0 bridgehead atoms. The molecule has 0 aliphatic heterocycles. The van der Waals surface area contributed by atoms with Crippen LogP contribution >= 0.6 is 0 Å². The summed E-state index contributed by atoms with van der Waals surface area (Å²) in [7, 11) is 0. The SMILES string of the molecule is Cc1ccc2c(c1)CC(=O)CCCC2. The molecule has 74 valence electrons. The van der Waals surface area contributed by atoms with E-state index in [4.69, 9.17) is 0 Å². The van der Waals surface area contributed by atoms with E-state index in [1.165, 1.54) is 16.7 Å². The van der Waals surface area contributed by atoms with Gasteiger partial charge in [-0.25, -0.2) is 0 Å². The second-order valence-electron chi connectivity index (χ2n) is 4.19. The number of Topliss-reactive ketones (excluding diaryl/α,β-unsaturated/α-hetero) is 1. The number of ketones is 1. The molecule has 1 nitrogen and oxygen atoms in total. The molecule has 0 fully saturated rings. The van der Waals surface area contributed by atoms with Crippen molar-refractivity contribution in [2.45, 2.75) is 39.0 Å². The van der Waals surface area contributed by atoms with Crippen LogP contribution in [0.25, 0.3) is 0 Å². The molecule has 0 aromatic heterocycles. The van der Waals surface area contributed by atoms with Gasteiger partial charge in [0.25, 0.3) is 0 Å². The molecule has 0 heterocycles. The van der Waals surface area contributed by atoms with Gasteiger partial charge in [-0.15, -0.1) is 0 Å². The lowest BCUT2D eigenvalue weighted by atomic mass is 9.92. The van der Waals surface area contributed by atoms with E-state index in [9.17, 15) is 4.79 Å². The monoisotopic (exact) mass is 188 g/mol. The van der Waals surface area contributed by atoms with Gasteiger partial charge in [-0.3, -0.25) is 4.79 Å². The highest BCUT2D eigenvalue weighted by Crippen LogP contribution is 2.19. The fraction of sp³-hybridized carbons (Fsp3) is 0.462. The van der Waals surface area contributed by atoms with Crippen molar-refractivity contribution in [1.82, 2.24) is 0 Å². The van der Waals surface area contributed by atoms with E-state index >= 15 is 0 Å². The molecule has 0 N–H and O–H groups in total. The average molecular weight is 188 g/mol. The minimum atomic E-state index is 0.400. The number of hydrogen-bond acceptors (Lipinski definition) is 1. The number of benzene rings is 1. The summed E-state index contributed by atoms with van der Waals surface area (Å²) < 4.78 is 0. The molecule has 2 rings (SSSR count). The molecule has 0 spiro atoms. The quantitative estimate of drug-likeness (QED) is 0.612. The Labute approximate surface area is 85.1 Å². The molecule has 1 aromatic rings. The van der Waals surface area contributed by atoms with Crippen LogP contribution in [0.15, 0.2) is 18.2 Å². The molecule has 1 aromatic carbocycles. The smallest absolute Gasteiger partial charge is 0.137 e. The lowest BCUT2D eigenvalue weighted by molar-refractivity contribution is -0.118. The Balaban J connectivity index is 2.34. The number of fused-ring (bicyclic) bond motifs is 1. The summed E-state index contributed by atoms with van der Waals surface area (Å²) in [6.07, 6.45) is 4.78. The summed E-state index contributed by atoms with van der Waals surface area (Å²) in [5.74, 6) is 0.400. The maximum absolute atomic E-state index is 11.5. The van der Waals surface area contributed by atoms with Gasteiger partial charge in [0.2, 0.25) is 0 Å². The normalized spacial score (nSPS) is 17.1. The van der Waals surface area contributed by atoms with Crippen LogP contribution in [0, 0.1) is 6.92 Å². The number of carbonyl (C=O) groups is 1. The Hall–Kier alpha value is -1.11. The first kappa shape index (κ1) is 9.45. The van der Waals surface area contributed by atoms with E-state index in [0.29, 0.717) is 12.2 Å². The Morgan fingerprint density at radius 1 is 1.07 bits per heavy atom. The second-order valence-corrected chi connectivity index (χ2v) is 4.19. The Morgan fingerprint density at radius 2 is 1.86 bits per heavy atom. The van der Waals surface area contributed by atoms with Gasteiger partial charge in [0.05, 0.1) is 0 Å². The highest BCUT2D eigenvalue weighted by Gasteiger charge is 2.11. The standard InChI is InChI=1S/C13H16O/c1-10-6-7-11-4-2-3-5-13(14)9-12(11)8-10/h6-8H,2-5,9H2,1H3. The molecule has 0 saturated heterocycles. The highest BCUT2D eigenvalue weighted by atomic mass is 16.1. The topological polar surface area (TPSA) is 17.1 Å². The first-order valence-electron chi connectivity index (χ1n) is 5.36. The van der Waals surface area contributed by atoms with Crippen LogP contribution < -0.4 is 0 Å². The maximum atomic E-state index is 11.5. The summed E-state index contributed by atoms with van der Waals surface area (Å²) >= 11 is 0. The van der Waals surface area contributed by atoms with Gasteiger partial charge in [-0.2, -0.15) is 0 Å². The number of aryl methyl sites for hydroxylation is 2. The Bertz CT molecular complexity index is 352. The first-order chi connectivity index (χ1) is 6.75. The van der Waals surface area contributed by atoms with Crippen molar-refractivity contribution in [2.75, 3.05) is 0 Å². The largest absolute Gasteiger partial charge is 0.299 e. The number of hydrogen-bond donors (Lipinski definition) is 0. The molecule has 1 aliphatic carbocycles. The van der Waals surface area contributed by atoms with E-state index in [2.05, 4.69) is 25.1 Å². The van der Waals surface area contributed by atoms with E-state index in [1.54, 1.807) is 0 Å². The lowest BCUT2D eigenvalue weighted by Gasteiger charge is -2.13. The summed E-state index contributed by atoms with van der Waals surface area (Å²) in [4.78, 5) is 11.5. The van der Waals surface area contributed by atoms with E-state index in [0.717, 1.165) is 25.7 Å². The van der Waals surface area contributed by atoms with Crippen LogP contribution in [-0.4, -0.2) is 5.78 Å². The average Bonchev–Trinajstić information content (AvgIpc) is 2.12. The summed E-state index contributed by atoms with van der Waals surface area (Å²) in [5.41, 5.74) is 3.90. The minimum Gasteiger partial charge on any atom is -0.299 e. The van der Waals surface area contributed by atoms with E-state index < -0.39 is 0 Å². The van der Waals surface area contributed by atoms with Gasteiger partial charge < -0.3 is 0 Å². The molecule has 0 radical (unpaired) electrons. The van der Waals surface area contributed by atoms with Gasteiger partial charge in [0, 0.05) is 12.8 Å². The molecular weight excluding hydrogens is 172 g/mol. The molecular formula is C13H16O. The minimum absolute atomic E-state index is 0.400. The fourth-order valence-corrected chi connectivity index (χ4v) is 2.10. The summed E-state index contributed by atoms with van der Waals surface area (Å²) in [5, 5.41) is 0. The van der Waals surface area contributed by atoms with Crippen LogP contribution in [0.3, 0.4) is 0 Å². The van der Waals surface area contributed by atoms with Crippen molar-refractivity contribution in [3.63, 3.8) is 0 Å². The lowest BCUT2D eigenvalue weighted by Crippen LogP contribution is -2.09. The van der Waals surface area contributed by atoms with Crippen molar-refractivity contribution in [3.8, 4) is 0 Å². The fourth-order valence-electron chi connectivity index (χ4n) is 2.10. The van der Waals surface area contributed by atoms with Crippen molar-refractivity contribution in [1.29, 1.82) is 0 Å². The summed E-state index contributed by atoms with van der Waals surface area (Å²) in [6, 6.07) is 6.49. The van der Waals surface area contributed by atoms with Crippen molar-refractivity contribution in [2.24, 2.45) is 0 Å². The predicted octanol–water partition coefficient (Wildman–Crippen LogP) is 2.83. The third kappa shape index (κ3) is 2.03. The van der Waals surface area contributed by atoms with Gasteiger partial charge >= 0.3 is 0 Å². The van der Waals surface area contributed by atoms with E-state index in [-0.39, 0.29) is 0 Å². The van der Waals surface area contributed by atoms with Crippen LogP contribution in [-0.2, 0) is 17.6 Å². The van der Waals surface area contributed by atoms with Crippen molar-refractivity contribution in [3.05, 3.63) is 34.9 Å². The van der Waals surface area contributed by atoms with Crippen molar-refractivity contribution < 1.29 is 4.79 Å². The summed E-state index contributed by atoms with van der Waals surface area (Å²) in [6.45, 7) is 2.09. The van der Waals surface area contributed by atoms with Crippen LogP contribution in [0.1, 0.15) is 36.0 Å². The first-order valence-corrected chi connectivity index (χ1v) is 5.36. The molecule has 0 unspecified atom stereocenters. The van der Waals surface area contributed by atoms with Gasteiger partial charge in [0.1, 0.15) is 5.78 Å². The Morgan fingerprint density at radius 3 is 2.71 bits per heavy atom. The van der Waals surface area contributed by atoms with Gasteiger partial charge in [-0.05, 0) is 37.3 Å². The Kier molecular flexibility index (Phi) is 2.67. The zero-order valence-corrected chi connectivity index (χ0v) is 8.68. The zero-order valence-electron chi connectivity index (χ0n) is 8.68. The maximum Gasteiger partial charge on any atom is 0.137 e. The molecule has 1 aliphatic rings. The van der Waals surface area contributed by atoms with Crippen LogP contribution in [0.4, 0.5) is 0 Å². The zero-order chi connectivity index (χ0) is 9.97. The molecule has 0 amide bonds. The predicted molar refractivity (Wildman–Crippen MR) is 57.4 cm³/mol. The molecule has 0 saturated carbocycles. The number of carbonyl (C=O) groups excluding carboxylic acids is 1. The number of rotatable bonds is 0. The van der Waals surface area contributed by atoms with Gasteiger partial charge in [-0.1, -0.05) is 23.8 Å². The van der Waals surface area contributed by atoms with E-state index in [1.807, 2.05) is 0 Å². The third-order valence-electron chi connectivity index (χ3n) is 2.90. The third-order valence-corrected chi connectivity index (χ3v) is 2.90. The molecule has 1 heteroatoms. The highest BCUT2D eigenvalue weighted by molar-refractivity contribution is 5.81. The van der Waals surface area contributed by atoms with Crippen LogP contribution in [0.5, 0.6) is 0 Å². The van der Waals surface area contributed by atoms with Crippen LogP contribution in [0.2, 0.25) is 0 Å². The second kappa shape index (κ2) is 3.95. The van der Waals surface area contributed by atoms with Crippen molar-refractivity contribution >= 4 is 5.78 Å². The van der Waals surface area contributed by atoms with Gasteiger partial charge in [0.15, 0.2) is 0 Å². The molecule has 14 heavy (non-hydrogen) atoms.